The lowest BCUT2D eigenvalue weighted by atomic mass is 10.2. The topological polar surface area (TPSA) is 45.5 Å². The molecule has 1 aromatic heterocycles. The Morgan fingerprint density at radius 3 is 2.95 bits per heavy atom. The van der Waals surface area contributed by atoms with Crippen LogP contribution in [0.3, 0.4) is 0 Å². The second kappa shape index (κ2) is 6.32. The zero-order valence-corrected chi connectivity index (χ0v) is 12.5. The predicted octanol–water partition coefficient (Wildman–Crippen LogP) is 2.62. The lowest BCUT2D eigenvalue weighted by molar-refractivity contribution is -0.128. The molecular weight excluding hydrogens is 283 g/mol. The van der Waals surface area contributed by atoms with E-state index in [1.54, 1.807) is 11.0 Å². The number of hydrogen-bond donors (Lipinski definition) is 1. The number of likely N-dealkylation sites (tertiary alicyclic amines) is 1. The summed E-state index contributed by atoms with van der Waals surface area (Å²) in [6.45, 7) is 3.60. The minimum atomic E-state index is -0.271. The quantitative estimate of drug-likeness (QED) is 0.923. The second-order valence-electron chi connectivity index (χ2n) is 5.70. The maximum absolute atomic E-state index is 13.2. The Morgan fingerprint density at radius 1 is 1.36 bits per heavy atom. The Bertz CT molecular complexity index is 668. The number of aryl methyl sites for hydroxylation is 1. The van der Waals surface area contributed by atoms with E-state index in [0.29, 0.717) is 26.1 Å². The van der Waals surface area contributed by atoms with Crippen LogP contribution >= 0.6 is 0 Å². The summed E-state index contributed by atoms with van der Waals surface area (Å²) in [4.78, 5) is 13.8. The zero-order valence-electron chi connectivity index (χ0n) is 12.5. The van der Waals surface area contributed by atoms with Gasteiger partial charge in [0.15, 0.2) is 0 Å². The molecule has 1 aliphatic heterocycles. The highest BCUT2D eigenvalue weighted by Crippen LogP contribution is 2.16. The number of amides is 1. The van der Waals surface area contributed by atoms with Gasteiger partial charge in [-0.1, -0.05) is 12.1 Å². The number of carbonyl (C=O) groups is 1. The van der Waals surface area contributed by atoms with E-state index in [2.05, 4.69) is 5.32 Å². The van der Waals surface area contributed by atoms with E-state index < -0.39 is 0 Å². The zero-order chi connectivity index (χ0) is 15.5. The molecule has 1 amide bonds. The van der Waals surface area contributed by atoms with Gasteiger partial charge in [0.1, 0.15) is 17.3 Å². The highest BCUT2D eigenvalue weighted by molar-refractivity contribution is 5.79. The van der Waals surface area contributed by atoms with Crippen LogP contribution in [0.4, 0.5) is 4.39 Å². The Hall–Kier alpha value is -2.14. The van der Waals surface area contributed by atoms with Crippen LogP contribution in [0.25, 0.3) is 0 Å². The van der Waals surface area contributed by atoms with Crippen LogP contribution in [0.5, 0.6) is 0 Å². The predicted molar refractivity (Wildman–Crippen MR) is 80.5 cm³/mol. The summed E-state index contributed by atoms with van der Waals surface area (Å²) in [5.74, 6) is 1.57. The number of nitrogens with one attached hydrogen (secondary N) is 1. The number of carbonyl (C=O) groups excluding carboxylic acids is 1. The molecule has 0 bridgehead atoms. The molecule has 0 spiro atoms. The molecule has 1 unspecified atom stereocenters. The molecule has 0 aliphatic carbocycles. The van der Waals surface area contributed by atoms with Crippen LogP contribution in [-0.4, -0.2) is 23.4 Å². The molecule has 22 heavy (non-hydrogen) atoms. The van der Waals surface area contributed by atoms with Crippen LogP contribution in [0.2, 0.25) is 0 Å². The van der Waals surface area contributed by atoms with Crippen molar-refractivity contribution in [2.24, 2.45) is 0 Å². The molecule has 2 aromatic rings. The number of rotatable bonds is 5. The van der Waals surface area contributed by atoms with Gasteiger partial charge >= 0.3 is 0 Å². The minimum absolute atomic E-state index is 0.0948. The van der Waals surface area contributed by atoms with Gasteiger partial charge in [-0.2, -0.15) is 0 Å². The van der Waals surface area contributed by atoms with Crippen molar-refractivity contribution in [3.05, 3.63) is 59.3 Å². The minimum Gasteiger partial charge on any atom is -0.465 e. The third-order valence-electron chi connectivity index (χ3n) is 3.84. The van der Waals surface area contributed by atoms with Gasteiger partial charge in [0.05, 0.1) is 6.54 Å². The van der Waals surface area contributed by atoms with E-state index in [9.17, 15) is 9.18 Å². The standard InChI is InChI=1S/C17H19FN2O2/c1-12-5-6-16(22-12)9-19-15-8-17(21)20(11-15)10-13-3-2-4-14(18)7-13/h2-7,15,19H,8-11H2,1H3. The normalized spacial score (nSPS) is 18.2. The van der Waals surface area contributed by atoms with E-state index in [1.807, 2.05) is 25.1 Å². The first-order chi connectivity index (χ1) is 10.6. The van der Waals surface area contributed by atoms with Crippen molar-refractivity contribution < 1.29 is 13.6 Å². The molecular formula is C17H19FN2O2. The van der Waals surface area contributed by atoms with Crippen molar-refractivity contribution in [2.45, 2.75) is 32.5 Å². The average Bonchev–Trinajstić information content (AvgIpc) is 3.03. The fraction of sp³-hybridized carbons (Fsp3) is 0.353. The molecule has 3 rings (SSSR count). The van der Waals surface area contributed by atoms with E-state index >= 15 is 0 Å². The average molecular weight is 302 g/mol. The maximum atomic E-state index is 13.2. The summed E-state index contributed by atoms with van der Waals surface area (Å²) in [7, 11) is 0. The number of nitrogens with zero attached hydrogens (tertiary/aromatic N) is 1. The number of furan rings is 1. The van der Waals surface area contributed by atoms with E-state index in [1.165, 1.54) is 12.1 Å². The first-order valence-electron chi connectivity index (χ1n) is 7.41. The smallest absolute Gasteiger partial charge is 0.224 e. The van der Waals surface area contributed by atoms with Gasteiger partial charge in [0.25, 0.3) is 0 Å². The summed E-state index contributed by atoms with van der Waals surface area (Å²) < 4.78 is 18.7. The fourth-order valence-electron chi connectivity index (χ4n) is 2.74. The molecule has 0 radical (unpaired) electrons. The summed E-state index contributed by atoms with van der Waals surface area (Å²) >= 11 is 0. The molecule has 1 aromatic carbocycles. The van der Waals surface area contributed by atoms with Crippen molar-refractivity contribution in [1.29, 1.82) is 0 Å². The van der Waals surface area contributed by atoms with Gasteiger partial charge in [-0.25, -0.2) is 4.39 Å². The highest BCUT2D eigenvalue weighted by atomic mass is 19.1. The van der Waals surface area contributed by atoms with Crippen LogP contribution in [-0.2, 0) is 17.9 Å². The molecule has 1 saturated heterocycles. The van der Waals surface area contributed by atoms with Crippen molar-refractivity contribution in [1.82, 2.24) is 10.2 Å². The molecule has 1 N–H and O–H groups in total. The molecule has 1 atom stereocenters. The summed E-state index contributed by atoms with van der Waals surface area (Å²) in [6, 6.07) is 10.3. The SMILES string of the molecule is Cc1ccc(CNC2CC(=O)N(Cc3cccc(F)c3)C2)o1. The van der Waals surface area contributed by atoms with Crippen LogP contribution in [0.1, 0.15) is 23.5 Å². The fourth-order valence-corrected chi connectivity index (χ4v) is 2.74. The molecule has 2 heterocycles. The van der Waals surface area contributed by atoms with E-state index in [0.717, 1.165) is 17.1 Å². The third-order valence-corrected chi connectivity index (χ3v) is 3.84. The van der Waals surface area contributed by atoms with Gasteiger partial charge in [0.2, 0.25) is 5.91 Å². The lowest BCUT2D eigenvalue weighted by Gasteiger charge is -2.17. The number of hydrogen-bond acceptors (Lipinski definition) is 3. The van der Waals surface area contributed by atoms with Gasteiger partial charge < -0.3 is 14.6 Å². The van der Waals surface area contributed by atoms with Crippen molar-refractivity contribution in [3.8, 4) is 0 Å². The second-order valence-corrected chi connectivity index (χ2v) is 5.70. The van der Waals surface area contributed by atoms with Gasteiger partial charge in [-0.15, -0.1) is 0 Å². The van der Waals surface area contributed by atoms with E-state index in [-0.39, 0.29) is 17.8 Å². The highest BCUT2D eigenvalue weighted by Gasteiger charge is 2.29. The van der Waals surface area contributed by atoms with Crippen LogP contribution < -0.4 is 5.32 Å². The Balaban J connectivity index is 1.54. The Morgan fingerprint density at radius 2 is 2.23 bits per heavy atom. The van der Waals surface area contributed by atoms with E-state index in [4.69, 9.17) is 4.42 Å². The first-order valence-corrected chi connectivity index (χ1v) is 7.41. The third kappa shape index (κ3) is 3.54. The Labute approximate surface area is 128 Å². The summed E-state index contributed by atoms with van der Waals surface area (Å²) in [5, 5.41) is 3.34. The van der Waals surface area contributed by atoms with Crippen molar-refractivity contribution in [3.63, 3.8) is 0 Å². The lowest BCUT2D eigenvalue weighted by Crippen LogP contribution is -2.32. The summed E-state index contributed by atoms with van der Waals surface area (Å²) in [5.41, 5.74) is 0.815. The van der Waals surface area contributed by atoms with Gasteiger partial charge in [-0.3, -0.25) is 4.79 Å². The number of halogens is 1. The molecule has 116 valence electrons. The maximum Gasteiger partial charge on any atom is 0.224 e. The van der Waals surface area contributed by atoms with Gasteiger partial charge in [-0.05, 0) is 36.8 Å². The van der Waals surface area contributed by atoms with Crippen molar-refractivity contribution >= 4 is 5.91 Å². The monoisotopic (exact) mass is 302 g/mol. The first kappa shape index (κ1) is 14.8. The largest absolute Gasteiger partial charge is 0.465 e. The Kier molecular flexibility index (Phi) is 4.24. The van der Waals surface area contributed by atoms with Crippen molar-refractivity contribution in [2.75, 3.05) is 6.54 Å². The molecule has 1 aliphatic rings. The molecule has 1 fully saturated rings. The molecule has 5 heteroatoms. The summed E-state index contributed by atoms with van der Waals surface area (Å²) in [6.07, 6.45) is 0.467. The van der Waals surface area contributed by atoms with Crippen LogP contribution in [0, 0.1) is 12.7 Å². The van der Waals surface area contributed by atoms with Gasteiger partial charge in [0, 0.05) is 25.6 Å². The number of benzene rings is 1. The molecule has 4 nitrogen and oxygen atoms in total. The molecule has 0 saturated carbocycles. The van der Waals surface area contributed by atoms with Crippen LogP contribution in [0.15, 0.2) is 40.8 Å².